The number of morpholine rings is 1. The predicted octanol–water partition coefficient (Wildman–Crippen LogP) is 2.31. The maximum Gasteiger partial charge on any atom is 0.220 e. The second kappa shape index (κ2) is 8.58. The number of ether oxygens (including phenoxy) is 1. The molecule has 2 aromatic rings. The highest BCUT2D eigenvalue weighted by molar-refractivity contribution is 5.76. The lowest BCUT2D eigenvalue weighted by Gasteiger charge is -2.29. The van der Waals surface area contributed by atoms with Crippen LogP contribution in [0.25, 0.3) is 0 Å². The van der Waals surface area contributed by atoms with Crippen LogP contribution in [0.15, 0.2) is 42.6 Å². The smallest absolute Gasteiger partial charge is 0.220 e. The van der Waals surface area contributed by atoms with E-state index in [2.05, 4.69) is 15.2 Å². The first-order valence-corrected chi connectivity index (χ1v) is 8.51. The molecule has 1 amide bonds. The Kier molecular flexibility index (Phi) is 5.95. The molecule has 6 heteroatoms. The van der Waals surface area contributed by atoms with Crippen molar-refractivity contribution in [3.05, 3.63) is 59.5 Å². The second-order valence-electron chi connectivity index (χ2n) is 5.95. The van der Waals surface area contributed by atoms with Crippen LogP contribution in [-0.4, -0.2) is 37.2 Å². The lowest BCUT2D eigenvalue weighted by atomic mass is 10.1. The fourth-order valence-corrected chi connectivity index (χ4v) is 2.86. The number of nitrogens with zero attached hydrogens (tertiary/aromatic N) is 2. The minimum Gasteiger partial charge on any atom is -0.378 e. The second-order valence-corrected chi connectivity index (χ2v) is 5.95. The normalized spacial score (nSPS) is 14.4. The summed E-state index contributed by atoms with van der Waals surface area (Å²) in [5, 5.41) is 2.91. The van der Waals surface area contributed by atoms with Crippen LogP contribution in [0.1, 0.15) is 17.5 Å². The Bertz CT molecular complexity index is 717. The Morgan fingerprint density at radius 3 is 2.72 bits per heavy atom. The number of carbonyl (C=O) groups excluding carboxylic acids is 1. The highest BCUT2D eigenvalue weighted by Gasteiger charge is 2.16. The number of amides is 1. The van der Waals surface area contributed by atoms with Gasteiger partial charge in [0.1, 0.15) is 11.6 Å². The summed E-state index contributed by atoms with van der Waals surface area (Å²) in [6.07, 6.45) is 2.41. The van der Waals surface area contributed by atoms with Crippen molar-refractivity contribution in [1.82, 2.24) is 10.3 Å². The van der Waals surface area contributed by atoms with Gasteiger partial charge in [0.15, 0.2) is 0 Å². The van der Waals surface area contributed by atoms with E-state index in [0.29, 0.717) is 31.7 Å². The van der Waals surface area contributed by atoms with E-state index in [1.54, 1.807) is 24.4 Å². The first-order chi connectivity index (χ1) is 12.2. The Labute approximate surface area is 146 Å². The van der Waals surface area contributed by atoms with Gasteiger partial charge in [-0.1, -0.05) is 24.3 Å². The summed E-state index contributed by atoms with van der Waals surface area (Å²) >= 11 is 0. The predicted molar refractivity (Wildman–Crippen MR) is 93.8 cm³/mol. The first-order valence-electron chi connectivity index (χ1n) is 8.51. The Balaban J connectivity index is 1.54. The van der Waals surface area contributed by atoms with Gasteiger partial charge in [-0.2, -0.15) is 0 Å². The molecule has 1 fully saturated rings. The summed E-state index contributed by atoms with van der Waals surface area (Å²) < 4.78 is 19.0. The zero-order valence-corrected chi connectivity index (χ0v) is 14.1. The molecule has 0 spiro atoms. The van der Waals surface area contributed by atoms with Gasteiger partial charge < -0.3 is 15.0 Å². The molecule has 132 valence electrons. The van der Waals surface area contributed by atoms with E-state index in [1.807, 2.05) is 12.1 Å². The van der Waals surface area contributed by atoms with Crippen LogP contribution in [0.2, 0.25) is 0 Å². The highest BCUT2D eigenvalue weighted by atomic mass is 19.1. The molecule has 5 nitrogen and oxygen atoms in total. The lowest BCUT2D eigenvalue weighted by molar-refractivity contribution is -0.121. The van der Waals surface area contributed by atoms with E-state index in [-0.39, 0.29) is 18.1 Å². The SMILES string of the molecule is O=C(CCc1ccccc1F)NCc1cccnc1N1CCOCC1. The number of halogens is 1. The fraction of sp³-hybridized carbons (Fsp3) is 0.368. The molecule has 0 unspecified atom stereocenters. The molecular weight excluding hydrogens is 321 g/mol. The summed E-state index contributed by atoms with van der Waals surface area (Å²) in [5.41, 5.74) is 1.54. The average Bonchev–Trinajstić information content (AvgIpc) is 2.66. The number of carbonyl (C=O) groups is 1. The van der Waals surface area contributed by atoms with Crippen molar-refractivity contribution >= 4 is 11.7 Å². The number of anilines is 1. The van der Waals surface area contributed by atoms with Gasteiger partial charge in [-0.3, -0.25) is 4.79 Å². The maximum atomic E-state index is 13.6. The van der Waals surface area contributed by atoms with E-state index >= 15 is 0 Å². The minimum absolute atomic E-state index is 0.0972. The average molecular weight is 343 g/mol. The molecule has 0 atom stereocenters. The van der Waals surface area contributed by atoms with Crippen LogP contribution >= 0.6 is 0 Å². The largest absolute Gasteiger partial charge is 0.378 e. The van der Waals surface area contributed by atoms with Gasteiger partial charge in [0, 0.05) is 37.8 Å². The summed E-state index contributed by atoms with van der Waals surface area (Å²) in [5.74, 6) is 0.525. The Hall–Kier alpha value is -2.47. The topological polar surface area (TPSA) is 54.5 Å². The molecule has 1 aliphatic heterocycles. The zero-order chi connectivity index (χ0) is 17.5. The van der Waals surface area contributed by atoms with Crippen LogP contribution in [0.3, 0.4) is 0 Å². The van der Waals surface area contributed by atoms with Crippen molar-refractivity contribution in [3.8, 4) is 0 Å². The standard InChI is InChI=1S/C19H22FN3O2/c20-17-6-2-1-4-15(17)7-8-18(24)22-14-16-5-3-9-21-19(16)23-10-12-25-13-11-23/h1-6,9H,7-8,10-14H2,(H,22,24). The number of aromatic nitrogens is 1. The lowest BCUT2D eigenvalue weighted by Crippen LogP contribution is -2.37. The van der Waals surface area contributed by atoms with Gasteiger partial charge in [0.2, 0.25) is 5.91 Å². The number of rotatable bonds is 6. The van der Waals surface area contributed by atoms with E-state index < -0.39 is 0 Å². The molecule has 1 aromatic heterocycles. The molecule has 2 heterocycles. The van der Waals surface area contributed by atoms with Crippen LogP contribution in [0.4, 0.5) is 10.2 Å². The van der Waals surface area contributed by atoms with Crippen LogP contribution in [0, 0.1) is 5.82 Å². The van der Waals surface area contributed by atoms with E-state index in [9.17, 15) is 9.18 Å². The molecule has 3 rings (SSSR count). The monoisotopic (exact) mass is 343 g/mol. The molecule has 0 aliphatic carbocycles. The van der Waals surface area contributed by atoms with Gasteiger partial charge in [0.05, 0.1) is 13.2 Å². The fourth-order valence-electron chi connectivity index (χ4n) is 2.86. The quantitative estimate of drug-likeness (QED) is 0.874. The maximum absolute atomic E-state index is 13.6. The van der Waals surface area contributed by atoms with Crippen LogP contribution in [-0.2, 0) is 22.5 Å². The summed E-state index contributed by atoms with van der Waals surface area (Å²) in [4.78, 5) is 18.7. The van der Waals surface area contributed by atoms with E-state index in [1.165, 1.54) is 6.07 Å². The van der Waals surface area contributed by atoms with Gasteiger partial charge in [-0.15, -0.1) is 0 Å². The number of aryl methyl sites for hydroxylation is 1. The summed E-state index contributed by atoms with van der Waals surface area (Å²) in [6, 6.07) is 10.4. The molecular formula is C19H22FN3O2. The van der Waals surface area contributed by atoms with Crippen molar-refractivity contribution in [2.24, 2.45) is 0 Å². The molecule has 1 aliphatic rings. The van der Waals surface area contributed by atoms with Crippen molar-refractivity contribution in [2.45, 2.75) is 19.4 Å². The third-order valence-corrected chi connectivity index (χ3v) is 4.23. The molecule has 1 aromatic carbocycles. The summed E-state index contributed by atoms with van der Waals surface area (Å²) in [6.45, 7) is 3.38. The van der Waals surface area contributed by atoms with Crippen molar-refractivity contribution < 1.29 is 13.9 Å². The number of pyridine rings is 1. The molecule has 0 saturated carbocycles. The highest BCUT2D eigenvalue weighted by Crippen LogP contribution is 2.18. The first kappa shape index (κ1) is 17.4. The third-order valence-electron chi connectivity index (χ3n) is 4.23. The summed E-state index contributed by atoms with van der Waals surface area (Å²) in [7, 11) is 0. The molecule has 1 saturated heterocycles. The van der Waals surface area contributed by atoms with Crippen molar-refractivity contribution in [2.75, 3.05) is 31.2 Å². The van der Waals surface area contributed by atoms with Crippen LogP contribution < -0.4 is 10.2 Å². The number of nitrogens with one attached hydrogen (secondary N) is 1. The number of hydrogen-bond acceptors (Lipinski definition) is 4. The zero-order valence-electron chi connectivity index (χ0n) is 14.1. The van der Waals surface area contributed by atoms with Gasteiger partial charge in [0.25, 0.3) is 0 Å². The number of hydrogen-bond donors (Lipinski definition) is 1. The van der Waals surface area contributed by atoms with Crippen LogP contribution in [0.5, 0.6) is 0 Å². The minimum atomic E-state index is -0.267. The number of benzene rings is 1. The van der Waals surface area contributed by atoms with Gasteiger partial charge in [-0.05, 0) is 24.1 Å². The van der Waals surface area contributed by atoms with E-state index in [4.69, 9.17) is 4.74 Å². The Morgan fingerprint density at radius 1 is 1.16 bits per heavy atom. The molecule has 25 heavy (non-hydrogen) atoms. The molecule has 0 radical (unpaired) electrons. The third kappa shape index (κ3) is 4.76. The van der Waals surface area contributed by atoms with Crippen molar-refractivity contribution in [1.29, 1.82) is 0 Å². The van der Waals surface area contributed by atoms with Gasteiger partial charge >= 0.3 is 0 Å². The van der Waals surface area contributed by atoms with Crippen molar-refractivity contribution in [3.63, 3.8) is 0 Å². The Morgan fingerprint density at radius 2 is 1.92 bits per heavy atom. The van der Waals surface area contributed by atoms with Gasteiger partial charge in [-0.25, -0.2) is 9.37 Å². The molecule has 1 N–H and O–H groups in total. The van der Waals surface area contributed by atoms with E-state index in [0.717, 1.165) is 24.5 Å². The molecule has 0 bridgehead atoms.